The number of anilines is 1. The molecule has 3 aromatic carbocycles. The van der Waals surface area contributed by atoms with E-state index in [1.54, 1.807) is 32.7 Å². The predicted molar refractivity (Wildman–Crippen MR) is 166 cm³/mol. The van der Waals surface area contributed by atoms with Crippen molar-refractivity contribution in [2.45, 2.75) is 12.2 Å². The average molecular weight is 618 g/mol. The summed E-state index contributed by atoms with van der Waals surface area (Å²) in [7, 11) is 0. The van der Waals surface area contributed by atoms with Gasteiger partial charge in [0.25, 0.3) is 0 Å². The summed E-state index contributed by atoms with van der Waals surface area (Å²) < 4.78 is 15.6. The van der Waals surface area contributed by atoms with Crippen LogP contribution in [-0.4, -0.2) is 75.8 Å². The number of piperazine rings is 1. The van der Waals surface area contributed by atoms with E-state index in [2.05, 4.69) is 0 Å². The summed E-state index contributed by atoms with van der Waals surface area (Å²) in [4.78, 5) is 44.4. The van der Waals surface area contributed by atoms with Crippen LogP contribution in [0.3, 0.4) is 0 Å². The van der Waals surface area contributed by atoms with Crippen LogP contribution in [0.25, 0.3) is 16.9 Å². The molecule has 0 bridgehead atoms. The Balaban J connectivity index is 1.52. The Hall–Kier alpha value is -4.15. The average Bonchev–Trinajstić information content (AvgIpc) is 3.34. The van der Waals surface area contributed by atoms with Crippen molar-refractivity contribution in [1.29, 1.82) is 0 Å². The molecule has 3 amide bonds. The smallest absolute Gasteiger partial charge is 0.242 e. The number of hydrogen-bond acceptors (Lipinski definition) is 5. The molecule has 0 spiro atoms. The Kier molecular flexibility index (Phi) is 8.23. The van der Waals surface area contributed by atoms with E-state index in [1.807, 2.05) is 48.5 Å². The van der Waals surface area contributed by atoms with Gasteiger partial charge in [-0.3, -0.25) is 19.3 Å². The lowest BCUT2D eigenvalue weighted by Crippen LogP contribution is -2.53. The van der Waals surface area contributed by atoms with Crippen molar-refractivity contribution >= 4 is 46.9 Å². The molecule has 2 aliphatic rings. The molecule has 0 radical (unpaired) electrons. The summed E-state index contributed by atoms with van der Waals surface area (Å²) in [5, 5.41) is 5.09. The number of halogens is 2. The molecule has 3 heterocycles. The Labute approximate surface area is 258 Å². The maximum absolute atomic E-state index is 14.0. The summed E-state index contributed by atoms with van der Waals surface area (Å²) in [6.07, 6.45) is 0. The zero-order valence-corrected chi connectivity index (χ0v) is 25.0. The van der Waals surface area contributed by atoms with E-state index in [0.717, 1.165) is 16.7 Å². The van der Waals surface area contributed by atoms with E-state index < -0.39 is 0 Å². The third kappa shape index (κ3) is 5.77. The molecule has 0 N–H and O–H groups in total. The van der Waals surface area contributed by atoms with Crippen molar-refractivity contribution in [3.63, 3.8) is 0 Å². The summed E-state index contributed by atoms with van der Waals surface area (Å²) >= 11 is 8.12. The highest BCUT2D eigenvalue weighted by molar-refractivity contribution is 8.00. The van der Waals surface area contributed by atoms with Crippen LogP contribution in [0, 0.1) is 5.82 Å². The number of hydrogen-bond donors (Lipinski definition) is 0. The van der Waals surface area contributed by atoms with Gasteiger partial charge in [-0.25, -0.2) is 9.07 Å². The summed E-state index contributed by atoms with van der Waals surface area (Å²) in [5.74, 6) is -0.308. The summed E-state index contributed by atoms with van der Waals surface area (Å²) in [5.41, 5.74) is 3.58. The largest absolute Gasteiger partial charge is 0.339 e. The minimum absolute atomic E-state index is 0.0274. The number of rotatable bonds is 5. The maximum Gasteiger partial charge on any atom is 0.242 e. The third-order valence-electron chi connectivity index (χ3n) is 7.76. The molecule has 8 nitrogen and oxygen atoms in total. The number of amides is 3. The van der Waals surface area contributed by atoms with Crippen molar-refractivity contribution in [3.05, 3.63) is 101 Å². The van der Waals surface area contributed by atoms with Gasteiger partial charge >= 0.3 is 0 Å². The number of benzene rings is 3. The fraction of sp³-hybridized carbons (Fsp3) is 0.250. The van der Waals surface area contributed by atoms with Gasteiger partial charge in [-0.15, -0.1) is 11.8 Å². The van der Waals surface area contributed by atoms with Gasteiger partial charge in [0.2, 0.25) is 17.7 Å². The van der Waals surface area contributed by atoms with Crippen LogP contribution < -0.4 is 4.90 Å². The van der Waals surface area contributed by atoms with Crippen molar-refractivity contribution in [2.75, 3.05) is 43.4 Å². The van der Waals surface area contributed by atoms with Crippen LogP contribution in [0.15, 0.2) is 78.9 Å². The van der Waals surface area contributed by atoms with Gasteiger partial charge in [0.05, 0.1) is 27.4 Å². The van der Waals surface area contributed by atoms with Gasteiger partial charge < -0.3 is 9.80 Å². The number of carbonyl (C=O) groups excluding carboxylic acids is 3. The third-order valence-corrected chi connectivity index (χ3v) is 9.34. The molecule has 43 heavy (non-hydrogen) atoms. The van der Waals surface area contributed by atoms with Crippen LogP contribution in [0.2, 0.25) is 5.02 Å². The molecule has 1 aromatic heterocycles. The molecular formula is C32H29ClFN5O3S. The molecule has 0 unspecified atom stereocenters. The van der Waals surface area contributed by atoms with Crippen LogP contribution in [-0.2, 0) is 14.4 Å². The molecule has 1 fully saturated rings. The normalized spacial score (nSPS) is 17.0. The van der Waals surface area contributed by atoms with Crippen LogP contribution in [0.5, 0.6) is 0 Å². The van der Waals surface area contributed by atoms with Crippen molar-refractivity contribution in [2.24, 2.45) is 0 Å². The second kappa shape index (κ2) is 12.2. The first-order chi connectivity index (χ1) is 20.8. The van der Waals surface area contributed by atoms with Gasteiger partial charge in [-0.05, 0) is 29.8 Å². The predicted octanol–water partition coefficient (Wildman–Crippen LogP) is 5.19. The first-order valence-electron chi connectivity index (χ1n) is 14.0. The second-order valence-corrected chi connectivity index (χ2v) is 11.9. The van der Waals surface area contributed by atoms with Gasteiger partial charge in [-0.1, -0.05) is 66.2 Å². The highest BCUT2D eigenvalue weighted by Gasteiger charge is 2.38. The first kappa shape index (κ1) is 28.9. The Bertz CT molecular complexity index is 1670. The molecule has 0 aliphatic carbocycles. The molecule has 4 aromatic rings. The van der Waals surface area contributed by atoms with Gasteiger partial charge in [0, 0.05) is 44.2 Å². The number of nitrogens with zero attached hydrogens (tertiary/aromatic N) is 5. The van der Waals surface area contributed by atoms with E-state index in [9.17, 15) is 18.8 Å². The van der Waals surface area contributed by atoms with Gasteiger partial charge in [-0.2, -0.15) is 5.10 Å². The summed E-state index contributed by atoms with van der Waals surface area (Å²) in [6.45, 7) is 2.98. The highest BCUT2D eigenvalue weighted by Crippen LogP contribution is 2.49. The Morgan fingerprint density at radius 2 is 1.58 bits per heavy atom. The monoisotopic (exact) mass is 617 g/mol. The van der Waals surface area contributed by atoms with Crippen molar-refractivity contribution < 1.29 is 18.8 Å². The van der Waals surface area contributed by atoms with E-state index >= 15 is 0 Å². The van der Waals surface area contributed by atoms with Crippen LogP contribution >= 0.6 is 23.4 Å². The van der Waals surface area contributed by atoms with Crippen LogP contribution in [0.1, 0.15) is 23.3 Å². The number of fused-ring (bicyclic) bond motifs is 1. The standard InChI is InChI=1S/C32H29ClFN5O3S/c1-21(40)36-15-17-37(18-16-36)27(41)19-38-28(42)20-43-31(23-11-13-24(34)14-12-23)29-30(22-7-3-2-4-8-22)35-39(32(29)38)26-10-6-5-9-25(26)33/h2-14,31H,15-20H2,1H3/t31-/m1/s1. The van der Waals surface area contributed by atoms with E-state index in [-0.39, 0.29) is 41.1 Å². The second-order valence-electron chi connectivity index (χ2n) is 10.4. The number of para-hydroxylation sites is 1. The van der Waals surface area contributed by atoms with Crippen molar-refractivity contribution in [1.82, 2.24) is 19.6 Å². The topological polar surface area (TPSA) is 78.8 Å². The first-order valence-corrected chi connectivity index (χ1v) is 15.4. The quantitative estimate of drug-likeness (QED) is 0.308. The number of aromatic nitrogens is 2. The lowest BCUT2D eigenvalue weighted by atomic mass is 9.99. The molecular weight excluding hydrogens is 589 g/mol. The fourth-order valence-corrected chi connectivity index (χ4v) is 6.94. The molecule has 6 rings (SSSR count). The zero-order valence-electron chi connectivity index (χ0n) is 23.5. The minimum atomic E-state index is -0.384. The lowest BCUT2D eigenvalue weighted by molar-refractivity contribution is -0.137. The number of thioether (sulfide) groups is 1. The molecule has 1 saturated heterocycles. The minimum Gasteiger partial charge on any atom is -0.339 e. The molecule has 1 atom stereocenters. The fourth-order valence-electron chi connectivity index (χ4n) is 5.53. The molecule has 220 valence electrons. The van der Waals surface area contributed by atoms with E-state index in [0.29, 0.717) is 48.4 Å². The van der Waals surface area contributed by atoms with Gasteiger partial charge in [0.1, 0.15) is 18.2 Å². The Morgan fingerprint density at radius 3 is 2.26 bits per heavy atom. The maximum atomic E-state index is 14.0. The van der Waals surface area contributed by atoms with Gasteiger partial charge in [0.15, 0.2) is 0 Å². The molecule has 11 heteroatoms. The van der Waals surface area contributed by atoms with Crippen molar-refractivity contribution in [3.8, 4) is 16.9 Å². The lowest BCUT2D eigenvalue weighted by Gasteiger charge is -2.35. The molecule has 0 saturated carbocycles. The van der Waals surface area contributed by atoms with E-state index in [4.69, 9.17) is 16.7 Å². The van der Waals surface area contributed by atoms with Crippen LogP contribution in [0.4, 0.5) is 10.2 Å². The van der Waals surface area contributed by atoms with E-state index in [1.165, 1.54) is 35.7 Å². The number of carbonyl (C=O) groups is 3. The SMILES string of the molecule is CC(=O)N1CCN(C(=O)CN2C(=O)CS[C@H](c3ccc(F)cc3)c3c(-c4ccccc4)nn(-c4ccccc4Cl)c32)CC1. The summed E-state index contributed by atoms with van der Waals surface area (Å²) in [6, 6.07) is 23.1. The molecule has 2 aliphatic heterocycles. The highest BCUT2D eigenvalue weighted by atomic mass is 35.5. The Morgan fingerprint density at radius 1 is 0.930 bits per heavy atom. The zero-order chi connectivity index (χ0) is 30.1.